The van der Waals surface area contributed by atoms with Gasteiger partial charge in [-0.1, -0.05) is 36.4 Å². The molecule has 0 bridgehead atoms. The number of nitro groups is 1. The van der Waals surface area contributed by atoms with E-state index in [2.05, 4.69) is 12.1 Å². The van der Waals surface area contributed by atoms with Gasteiger partial charge in [-0.05, 0) is 41.5 Å². The molecule has 0 aromatic heterocycles. The van der Waals surface area contributed by atoms with E-state index in [0.717, 1.165) is 28.5 Å². The van der Waals surface area contributed by atoms with Crippen LogP contribution in [0.1, 0.15) is 11.1 Å². The number of hydrogen-bond donors (Lipinski definition) is 0. The number of rotatable bonds is 6. The molecule has 0 radical (unpaired) electrons. The number of methoxy groups -OCH3 is 2. The number of benzene rings is 3. The van der Waals surface area contributed by atoms with Crippen molar-refractivity contribution in [2.75, 3.05) is 14.2 Å². The van der Waals surface area contributed by atoms with E-state index in [-0.39, 0.29) is 11.4 Å². The first kappa shape index (κ1) is 16.8. The van der Waals surface area contributed by atoms with Crippen LogP contribution >= 0.6 is 0 Å². The minimum Gasteiger partial charge on any atom is -0.496 e. The number of ether oxygens (including phenoxy) is 2. The van der Waals surface area contributed by atoms with Crippen molar-refractivity contribution in [3.63, 3.8) is 0 Å². The Hall–Kier alpha value is -3.08. The summed E-state index contributed by atoms with van der Waals surface area (Å²) in [7, 11) is 3.10. The Balaban J connectivity index is 1.89. The predicted octanol–water partition coefficient (Wildman–Crippen LogP) is 4.55. The lowest BCUT2D eigenvalue weighted by Crippen LogP contribution is -1.98. The van der Waals surface area contributed by atoms with Gasteiger partial charge in [0.25, 0.3) is 0 Å². The van der Waals surface area contributed by atoms with Crippen LogP contribution in [0.4, 0.5) is 5.69 Å². The summed E-state index contributed by atoms with van der Waals surface area (Å²) in [5.41, 5.74) is 2.10. The lowest BCUT2D eigenvalue weighted by atomic mass is 9.98. The van der Waals surface area contributed by atoms with Crippen LogP contribution in [0.15, 0.2) is 54.6 Å². The van der Waals surface area contributed by atoms with E-state index in [0.29, 0.717) is 6.42 Å². The molecule has 0 spiro atoms. The third-order valence-electron chi connectivity index (χ3n) is 4.32. The van der Waals surface area contributed by atoms with Crippen molar-refractivity contribution in [1.29, 1.82) is 0 Å². The van der Waals surface area contributed by atoms with Gasteiger partial charge >= 0.3 is 5.69 Å². The molecule has 0 unspecified atom stereocenters. The molecule has 25 heavy (non-hydrogen) atoms. The van der Waals surface area contributed by atoms with E-state index in [1.165, 1.54) is 12.7 Å². The average molecular weight is 337 g/mol. The van der Waals surface area contributed by atoms with Crippen molar-refractivity contribution >= 4 is 16.5 Å². The van der Waals surface area contributed by atoms with E-state index in [1.807, 2.05) is 30.3 Å². The highest BCUT2D eigenvalue weighted by molar-refractivity contribution is 5.91. The maximum atomic E-state index is 11.2. The molecule has 0 saturated heterocycles. The summed E-state index contributed by atoms with van der Waals surface area (Å²) in [5.74, 6) is 1.13. The van der Waals surface area contributed by atoms with Crippen molar-refractivity contribution in [3.05, 3.63) is 75.8 Å². The molecular weight excluding hydrogens is 318 g/mol. The Bertz CT molecular complexity index is 921. The smallest absolute Gasteiger partial charge is 0.311 e. The molecule has 0 aliphatic carbocycles. The van der Waals surface area contributed by atoms with Gasteiger partial charge in [-0.3, -0.25) is 10.1 Å². The van der Waals surface area contributed by atoms with Crippen LogP contribution in [0.5, 0.6) is 11.5 Å². The standard InChI is InChI=1S/C20H19NO4/c1-24-19-12-10-15(16-5-3-4-6-17(16)19)9-7-14-8-11-20(25-2)18(13-14)21(22)23/h3-6,8,10-13H,7,9H2,1-2H3. The van der Waals surface area contributed by atoms with Gasteiger partial charge in [0.05, 0.1) is 19.1 Å². The van der Waals surface area contributed by atoms with Gasteiger partial charge in [0.15, 0.2) is 5.75 Å². The van der Waals surface area contributed by atoms with Gasteiger partial charge in [-0.15, -0.1) is 0 Å². The third-order valence-corrected chi connectivity index (χ3v) is 4.32. The largest absolute Gasteiger partial charge is 0.496 e. The molecule has 0 aliphatic rings. The third kappa shape index (κ3) is 3.40. The summed E-state index contributed by atoms with van der Waals surface area (Å²) in [6.07, 6.45) is 1.50. The Morgan fingerprint density at radius 3 is 2.24 bits per heavy atom. The molecule has 0 aliphatic heterocycles. The molecule has 5 nitrogen and oxygen atoms in total. The van der Waals surface area contributed by atoms with Crippen molar-refractivity contribution in [2.45, 2.75) is 12.8 Å². The molecule has 3 aromatic rings. The molecule has 0 heterocycles. The summed E-state index contributed by atoms with van der Waals surface area (Å²) in [5, 5.41) is 13.4. The molecule has 0 atom stereocenters. The fourth-order valence-electron chi connectivity index (χ4n) is 3.04. The number of hydrogen-bond acceptors (Lipinski definition) is 4. The first-order chi connectivity index (χ1) is 12.1. The quantitative estimate of drug-likeness (QED) is 0.489. The molecule has 0 saturated carbocycles. The lowest BCUT2D eigenvalue weighted by molar-refractivity contribution is -0.385. The molecule has 128 valence electrons. The highest BCUT2D eigenvalue weighted by Gasteiger charge is 2.15. The van der Waals surface area contributed by atoms with Crippen LogP contribution in [-0.4, -0.2) is 19.1 Å². The Labute approximate surface area is 146 Å². The van der Waals surface area contributed by atoms with Crippen LogP contribution in [0, 0.1) is 10.1 Å². The Morgan fingerprint density at radius 2 is 1.56 bits per heavy atom. The van der Waals surface area contributed by atoms with Crippen LogP contribution in [0.25, 0.3) is 10.8 Å². The molecule has 0 fully saturated rings. The maximum absolute atomic E-state index is 11.2. The number of aryl methyl sites for hydroxylation is 2. The minimum absolute atomic E-state index is 0.000381. The van der Waals surface area contributed by atoms with Crippen molar-refractivity contribution in [3.8, 4) is 11.5 Å². The topological polar surface area (TPSA) is 61.6 Å². The van der Waals surface area contributed by atoms with Crippen LogP contribution in [0.2, 0.25) is 0 Å². The van der Waals surface area contributed by atoms with Crippen molar-refractivity contribution in [2.24, 2.45) is 0 Å². The first-order valence-corrected chi connectivity index (χ1v) is 8.00. The SMILES string of the molecule is COc1ccc(CCc2ccc(OC)c3ccccc23)cc1[N+](=O)[O-]. The maximum Gasteiger partial charge on any atom is 0.311 e. The zero-order valence-electron chi connectivity index (χ0n) is 14.2. The fourth-order valence-corrected chi connectivity index (χ4v) is 3.04. The first-order valence-electron chi connectivity index (χ1n) is 8.00. The van der Waals surface area contributed by atoms with E-state index in [4.69, 9.17) is 9.47 Å². The average Bonchev–Trinajstić information content (AvgIpc) is 2.65. The second kappa shape index (κ2) is 7.21. The van der Waals surface area contributed by atoms with E-state index >= 15 is 0 Å². The predicted molar refractivity (Wildman–Crippen MR) is 97.6 cm³/mol. The van der Waals surface area contributed by atoms with Gasteiger partial charge in [0, 0.05) is 11.5 Å². The van der Waals surface area contributed by atoms with Crippen molar-refractivity contribution in [1.82, 2.24) is 0 Å². The summed E-state index contributed by atoms with van der Waals surface area (Å²) < 4.78 is 10.5. The lowest BCUT2D eigenvalue weighted by Gasteiger charge is -2.11. The highest BCUT2D eigenvalue weighted by atomic mass is 16.6. The normalized spacial score (nSPS) is 10.6. The van der Waals surface area contributed by atoms with E-state index in [1.54, 1.807) is 19.2 Å². The zero-order chi connectivity index (χ0) is 17.8. The molecule has 3 aromatic carbocycles. The molecule has 0 amide bonds. The second-order valence-corrected chi connectivity index (χ2v) is 5.74. The van der Waals surface area contributed by atoms with E-state index in [9.17, 15) is 10.1 Å². The van der Waals surface area contributed by atoms with Gasteiger partial charge in [0.2, 0.25) is 0 Å². The van der Waals surface area contributed by atoms with Crippen LogP contribution in [-0.2, 0) is 12.8 Å². The fraction of sp³-hybridized carbons (Fsp3) is 0.200. The highest BCUT2D eigenvalue weighted by Crippen LogP contribution is 2.31. The Morgan fingerprint density at radius 1 is 0.880 bits per heavy atom. The summed E-state index contributed by atoms with van der Waals surface area (Å²) in [6.45, 7) is 0. The van der Waals surface area contributed by atoms with Gasteiger partial charge in [0.1, 0.15) is 5.75 Å². The van der Waals surface area contributed by atoms with Crippen LogP contribution < -0.4 is 9.47 Å². The summed E-state index contributed by atoms with van der Waals surface area (Å²) in [4.78, 5) is 10.8. The summed E-state index contributed by atoms with van der Waals surface area (Å²) in [6, 6.07) is 17.2. The zero-order valence-corrected chi connectivity index (χ0v) is 14.2. The number of nitrogens with zero attached hydrogens (tertiary/aromatic N) is 1. The second-order valence-electron chi connectivity index (χ2n) is 5.74. The Kier molecular flexibility index (Phi) is 4.84. The van der Waals surface area contributed by atoms with Crippen LogP contribution in [0.3, 0.4) is 0 Å². The van der Waals surface area contributed by atoms with Gasteiger partial charge < -0.3 is 9.47 Å². The minimum atomic E-state index is -0.412. The van der Waals surface area contributed by atoms with E-state index < -0.39 is 4.92 Å². The number of fused-ring (bicyclic) bond motifs is 1. The summed E-state index contributed by atoms with van der Waals surface area (Å²) >= 11 is 0. The molecular formula is C20H19NO4. The molecule has 3 rings (SSSR count). The molecule has 0 N–H and O–H groups in total. The van der Waals surface area contributed by atoms with Crippen molar-refractivity contribution < 1.29 is 14.4 Å². The van der Waals surface area contributed by atoms with Gasteiger partial charge in [-0.2, -0.15) is 0 Å². The van der Waals surface area contributed by atoms with Gasteiger partial charge in [-0.25, -0.2) is 0 Å². The molecule has 5 heteroatoms. The number of nitro benzene ring substituents is 1. The monoisotopic (exact) mass is 337 g/mol.